The number of benzene rings is 2. The normalized spacial score (nSPS) is 10.6. The lowest BCUT2D eigenvalue weighted by molar-refractivity contribution is -0.115. The Morgan fingerprint density at radius 2 is 1.83 bits per heavy atom. The van der Waals surface area contributed by atoms with Crippen LogP contribution in [0.15, 0.2) is 41.2 Å². The van der Waals surface area contributed by atoms with Crippen LogP contribution in [0.1, 0.15) is 5.56 Å². The quantitative estimate of drug-likeness (QED) is 0.668. The largest absolute Gasteiger partial charge is 0.497 e. The number of amides is 1. The SMILES string of the molecule is COc1ccc(CC(=O)Nc2ccc3[nH]c(=O)[nH]c3c2)c(OC)c1. The van der Waals surface area contributed by atoms with Crippen LogP contribution in [0.5, 0.6) is 11.5 Å². The molecule has 3 rings (SSSR count). The number of aromatic nitrogens is 2. The van der Waals surface area contributed by atoms with Crippen LogP contribution in [-0.2, 0) is 11.2 Å². The van der Waals surface area contributed by atoms with E-state index in [4.69, 9.17) is 9.47 Å². The van der Waals surface area contributed by atoms with Gasteiger partial charge in [-0.05, 0) is 24.3 Å². The van der Waals surface area contributed by atoms with E-state index in [1.54, 1.807) is 50.6 Å². The molecule has 7 nitrogen and oxygen atoms in total. The van der Waals surface area contributed by atoms with E-state index in [0.717, 1.165) is 5.56 Å². The summed E-state index contributed by atoms with van der Waals surface area (Å²) in [7, 11) is 3.12. The number of imidazole rings is 1. The molecule has 7 heteroatoms. The average molecular weight is 327 g/mol. The highest BCUT2D eigenvalue weighted by atomic mass is 16.5. The number of hydrogen-bond acceptors (Lipinski definition) is 4. The number of nitrogens with one attached hydrogen (secondary N) is 3. The lowest BCUT2D eigenvalue weighted by Crippen LogP contribution is -2.15. The number of fused-ring (bicyclic) bond motifs is 1. The molecule has 0 atom stereocenters. The first kappa shape index (κ1) is 15.7. The zero-order chi connectivity index (χ0) is 17.1. The minimum atomic E-state index is -0.281. The Kier molecular flexibility index (Phi) is 4.24. The molecule has 3 N–H and O–H groups in total. The molecule has 0 bridgehead atoms. The summed E-state index contributed by atoms with van der Waals surface area (Å²) in [5, 5.41) is 2.81. The van der Waals surface area contributed by atoms with E-state index < -0.39 is 0 Å². The Morgan fingerprint density at radius 3 is 2.58 bits per heavy atom. The van der Waals surface area contributed by atoms with Crippen molar-refractivity contribution in [1.29, 1.82) is 0 Å². The highest BCUT2D eigenvalue weighted by molar-refractivity contribution is 5.94. The van der Waals surface area contributed by atoms with Crippen molar-refractivity contribution in [3.05, 3.63) is 52.4 Å². The second kappa shape index (κ2) is 6.49. The third-order valence-electron chi connectivity index (χ3n) is 3.64. The fourth-order valence-corrected chi connectivity index (χ4v) is 2.49. The zero-order valence-electron chi connectivity index (χ0n) is 13.3. The van der Waals surface area contributed by atoms with Gasteiger partial charge in [-0.15, -0.1) is 0 Å². The molecule has 24 heavy (non-hydrogen) atoms. The Bertz CT molecular complexity index is 942. The maximum atomic E-state index is 12.3. The van der Waals surface area contributed by atoms with Crippen LogP contribution >= 0.6 is 0 Å². The third-order valence-corrected chi connectivity index (χ3v) is 3.64. The van der Waals surface area contributed by atoms with Crippen LogP contribution in [0, 0.1) is 0 Å². The third kappa shape index (κ3) is 3.24. The molecule has 2 aromatic carbocycles. The van der Waals surface area contributed by atoms with Crippen molar-refractivity contribution in [3.63, 3.8) is 0 Å². The summed E-state index contributed by atoms with van der Waals surface area (Å²) in [4.78, 5) is 28.8. The molecular weight excluding hydrogens is 310 g/mol. The fourth-order valence-electron chi connectivity index (χ4n) is 2.49. The maximum Gasteiger partial charge on any atom is 0.323 e. The van der Waals surface area contributed by atoms with Crippen LogP contribution in [0.4, 0.5) is 5.69 Å². The lowest BCUT2D eigenvalue weighted by Gasteiger charge is -2.11. The van der Waals surface area contributed by atoms with Crippen molar-refractivity contribution in [2.24, 2.45) is 0 Å². The minimum absolute atomic E-state index is 0.162. The number of anilines is 1. The molecule has 1 aromatic heterocycles. The van der Waals surface area contributed by atoms with E-state index in [-0.39, 0.29) is 18.0 Å². The number of aromatic amines is 2. The van der Waals surface area contributed by atoms with Crippen molar-refractivity contribution >= 4 is 22.6 Å². The summed E-state index contributed by atoms with van der Waals surface area (Å²) >= 11 is 0. The minimum Gasteiger partial charge on any atom is -0.497 e. The van der Waals surface area contributed by atoms with Crippen LogP contribution in [0.2, 0.25) is 0 Å². The molecular formula is C17H17N3O4. The first-order chi connectivity index (χ1) is 11.6. The van der Waals surface area contributed by atoms with E-state index in [2.05, 4.69) is 15.3 Å². The number of ether oxygens (including phenoxy) is 2. The predicted molar refractivity (Wildman–Crippen MR) is 90.8 cm³/mol. The van der Waals surface area contributed by atoms with E-state index in [1.807, 2.05) is 0 Å². The Balaban J connectivity index is 1.75. The molecule has 0 saturated carbocycles. The van der Waals surface area contributed by atoms with E-state index in [0.29, 0.717) is 28.2 Å². The van der Waals surface area contributed by atoms with Gasteiger partial charge in [0.15, 0.2) is 0 Å². The molecule has 0 aliphatic heterocycles. The van der Waals surface area contributed by atoms with Crippen molar-refractivity contribution in [1.82, 2.24) is 9.97 Å². The summed E-state index contributed by atoms with van der Waals surface area (Å²) in [6.45, 7) is 0. The van der Waals surface area contributed by atoms with Gasteiger partial charge in [0.1, 0.15) is 11.5 Å². The topological polar surface area (TPSA) is 96.2 Å². The summed E-state index contributed by atoms with van der Waals surface area (Å²) in [5.41, 5.74) is 2.41. The molecule has 0 saturated heterocycles. The molecule has 1 heterocycles. The molecule has 3 aromatic rings. The molecule has 0 aliphatic rings. The van der Waals surface area contributed by atoms with Gasteiger partial charge < -0.3 is 24.8 Å². The smallest absolute Gasteiger partial charge is 0.323 e. The number of carbonyl (C=O) groups is 1. The van der Waals surface area contributed by atoms with Crippen LogP contribution < -0.4 is 20.5 Å². The first-order valence-corrected chi connectivity index (χ1v) is 7.32. The fraction of sp³-hybridized carbons (Fsp3) is 0.176. The summed E-state index contributed by atoms with van der Waals surface area (Å²) < 4.78 is 10.4. The van der Waals surface area contributed by atoms with E-state index >= 15 is 0 Å². The van der Waals surface area contributed by atoms with Gasteiger partial charge in [-0.3, -0.25) is 4.79 Å². The second-order valence-corrected chi connectivity index (χ2v) is 5.24. The standard InChI is InChI=1S/C17H17N3O4/c1-23-12-5-3-10(15(9-12)24-2)7-16(21)18-11-4-6-13-14(8-11)20-17(22)19-13/h3-6,8-9H,7H2,1-2H3,(H,18,21)(H2,19,20,22). The van der Waals surface area contributed by atoms with Gasteiger partial charge in [-0.2, -0.15) is 0 Å². The van der Waals surface area contributed by atoms with Crippen molar-refractivity contribution in [2.45, 2.75) is 6.42 Å². The number of H-pyrrole nitrogens is 2. The average Bonchev–Trinajstić information content (AvgIpc) is 2.94. The van der Waals surface area contributed by atoms with Crippen molar-refractivity contribution in [3.8, 4) is 11.5 Å². The van der Waals surface area contributed by atoms with Crippen molar-refractivity contribution < 1.29 is 14.3 Å². The first-order valence-electron chi connectivity index (χ1n) is 7.32. The van der Waals surface area contributed by atoms with Crippen LogP contribution in [0.25, 0.3) is 11.0 Å². The number of methoxy groups -OCH3 is 2. The van der Waals surface area contributed by atoms with Gasteiger partial charge in [0.05, 0.1) is 31.7 Å². The molecule has 124 valence electrons. The van der Waals surface area contributed by atoms with Crippen LogP contribution in [0.3, 0.4) is 0 Å². The molecule has 0 fully saturated rings. The number of rotatable bonds is 5. The molecule has 0 radical (unpaired) electrons. The van der Waals surface area contributed by atoms with Gasteiger partial charge in [0.2, 0.25) is 5.91 Å². The Morgan fingerprint density at radius 1 is 1.04 bits per heavy atom. The molecule has 0 aliphatic carbocycles. The Labute approximate surface area is 137 Å². The number of hydrogen-bond donors (Lipinski definition) is 3. The maximum absolute atomic E-state index is 12.3. The van der Waals surface area contributed by atoms with Gasteiger partial charge in [-0.25, -0.2) is 4.79 Å². The molecule has 0 unspecified atom stereocenters. The van der Waals surface area contributed by atoms with Gasteiger partial charge in [-0.1, -0.05) is 6.07 Å². The van der Waals surface area contributed by atoms with Gasteiger partial charge in [0.25, 0.3) is 0 Å². The zero-order valence-corrected chi connectivity index (χ0v) is 13.3. The summed E-state index contributed by atoms with van der Waals surface area (Å²) in [6.07, 6.45) is 0.162. The molecule has 1 amide bonds. The van der Waals surface area contributed by atoms with Gasteiger partial charge in [0, 0.05) is 17.3 Å². The van der Waals surface area contributed by atoms with E-state index in [9.17, 15) is 9.59 Å². The van der Waals surface area contributed by atoms with Crippen molar-refractivity contribution in [2.75, 3.05) is 19.5 Å². The second-order valence-electron chi connectivity index (χ2n) is 5.24. The van der Waals surface area contributed by atoms with Gasteiger partial charge >= 0.3 is 5.69 Å². The van der Waals surface area contributed by atoms with E-state index in [1.165, 1.54) is 0 Å². The monoisotopic (exact) mass is 327 g/mol. The molecule has 0 spiro atoms. The summed E-state index contributed by atoms with van der Waals surface area (Å²) in [5.74, 6) is 1.07. The number of carbonyl (C=O) groups excluding carboxylic acids is 1. The lowest BCUT2D eigenvalue weighted by atomic mass is 10.1. The highest BCUT2D eigenvalue weighted by Crippen LogP contribution is 2.25. The van der Waals surface area contributed by atoms with Crippen LogP contribution in [-0.4, -0.2) is 30.1 Å². The predicted octanol–water partition coefficient (Wildman–Crippen LogP) is 2.05. The summed E-state index contributed by atoms with van der Waals surface area (Å²) in [6, 6.07) is 10.5. The highest BCUT2D eigenvalue weighted by Gasteiger charge is 2.11. The Hall–Kier alpha value is -3.22.